The van der Waals surface area contributed by atoms with Crippen LogP contribution in [0.1, 0.15) is 20.7 Å². The number of ether oxygens (including phenoxy) is 3. The van der Waals surface area contributed by atoms with Gasteiger partial charge in [-0.15, -0.1) is 0 Å². The standard InChI is InChI=1S/C20H18F2N2O5/c21-20(22)29-15-6-2-1-4-13(15)18(25)23-8-10-24(11-9-23)19(26)14-5-3-7-16-17(14)28-12-27-16/h1-7,20H,8-12H2. The van der Waals surface area contributed by atoms with Crippen molar-refractivity contribution in [3.63, 3.8) is 0 Å². The van der Waals surface area contributed by atoms with Crippen LogP contribution in [0.15, 0.2) is 42.5 Å². The Labute approximate surface area is 165 Å². The first kappa shape index (κ1) is 19.0. The van der Waals surface area contributed by atoms with Crippen molar-refractivity contribution in [2.24, 2.45) is 0 Å². The zero-order valence-corrected chi connectivity index (χ0v) is 15.3. The summed E-state index contributed by atoms with van der Waals surface area (Å²) in [6, 6.07) is 11.0. The van der Waals surface area contributed by atoms with E-state index in [0.717, 1.165) is 0 Å². The van der Waals surface area contributed by atoms with Crippen molar-refractivity contribution in [2.45, 2.75) is 6.61 Å². The van der Waals surface area contributed by atoms with Gasteiger partial charge in [-0.1, -0.05) is 18.2 Å². The summed E-state index contributed by atoms with van der Waals surface area (Å²) < 4.78 is 40.3. The van der Waals surface area contributed by atoms with Gasteiger partial charge in [0.2, 0.25) is 6.79 Å². The molecule has 4 rings (SSSR count). The quantitative estimate of drug-likeness (QED) is 0.784. The van der Waals surface area contributed by atoms with Crippen LogP contribution < -0.4 is 14.2 Å². The molecule has 2 aliphatic rings. The van der Waals surface area contributed by atoms with Crippen LogP contribution in [0, 0.1) is 0 Å². The largest absolute Gasteiger partial charge is 0.454 e. The molecule has 29 heavy (non-hydrogen) atoms. The van der Waals surface area contributed by atoms with Gasteiger partial charge in [0.25, 0.3) is 11.8 Å². The van der Waals surface area contributed by atoms with Gasteiger partial charge in [0, 0.05) is 26.2 Å². The zero-order valence-electron chi connectivity index (χ0n) is 15.3. The van der Waals surface area contributed by atoms with Gasteiger partial charge in [0.05, 0.1) is 11.1 Å². The number of para-hydroxylation sites is 2. The predicted molar refractivity (Wildman–Crippen MR) is 97.4 cm³/mol. The number of halogens is 2. The topological polar surface area (TPSA) is 68.3 Å². The number of piperazine rings is 1. The molecule has 1 fully saturated rings. The van der Waals surface area contributed by atoms with Crippen molar-refractivity contribution in [3.8, 4) is 17.2 Å². The third-order valence-electron chi connectivity index (χ3n) is 4.81. The minimum Gasteiger partial charge on any atom is -0.454 e. The summed E-state index contributed by atoms with van der Waals surface area (Å²) in [7, 11) is 0. The van der Waals surface area contributed by atoms with E-state index >= 15 is 0 Å². The van der Waals surface area contributed by atoms with E-state index in [1.54, 1.807) is 29.2 Å². The maximum absolute atomic E-state index is 12.9. The number of hydrogen-bond donors (Lipinski definition) is 0. The smallest absolute Gasteiger partial charge is 0.387 e. The molecule has 2 heterocycles. The maximum atomic E-state index is 12.9. The normalized spacial score (nSPS) is 15.6. The molecular weight excluding hydrogens is 386 g/mol. The summed E-state index contributed by atoms with van der Waals surface area (Å²) in [6.45, 7) is -1.76. The van der Waals surface area contributed by atoms with Crippen molar-refractivity contribution in [1.82, 2.24) is 9.80 Å². The van der Waals surface area contributed by atoms with Gasteiger partial charge in [-0.2, -0.15) is 8.78 Å². The van der Waals surface area contributed by atoms with Gasteiger partial charge in [0.1, 0.15) is 5.75 Å². The third kappa shape index (κ3) is 3.80. The molecule has 7 nitrogen and oxygen atoms in total. The van der Waals surface area contributed by atoms with Gasteiger partial charge in [-0.25, -0.2) is 0 Å². The Hall–Kier alpha value is -3.36. The maximum Gasteiger partial charge on any atom is 0.387 e. The van der Waals surface area contributed by atoms with E-state index in [1.165, 1.54) is 23.1 Å². The van der Waals surface area contributed by atoms with E-state index in [1.807, 2.05) is 0 Å². The van der Waals surface area contributed by atoms with Gasteiger partial charge in [-0.3, -0.25) is 9.59 Å². The molecule has 0 aliphatic carbocycles. The molecule has 0 spiro atoms. The van der Waals surface area contributed by atoms with Gasteiger partial charge >= 0.3 is 6.61 Å². The molecule has 1 saturated heterocycles. The molecule has 0 N–H and O–H groups in total. The van der Waals surface area contributed by atoms with Crippen LogP contribution >= 0.6 is 0 Å². The highest BCUT2D eigenvalue weighted by atomic mass is 19.3. The molecule has 0 atom stereocenters. The van der Waals surface area contributed by atoms with Crippen LogP contribution in [0.3, 0.4) is 0 Å². The average Bonchev–Trinajstić information content (AvgIpc) is 3.22. The van der Waals surface area contributed by atoms with Crippen LogP contribution in [-0.2, 0) is 0 Å². The number of benzene rings is 2. The summed E-state index contributed by atoms with van der Waals surface area (Å²) >= 11 is 0. The van der Waals surface area contributed by atoms with Crippen molar-refractivity contribution >= 4 is 11.8 Å². The number of nitrogens with zero attached hydrogens (tertiary/aromatic N) is 2. The number of rotatable bonds is 4. The van der Waals surface area contributed by atoms with Crippen LogP contribution in [0.4, 0.5) is 8.78 Å². The number of hydrogen-bond acceptors (Lipinski definition) is 5. The molecule has 0 radical (unpaired) electrons. The van der Waals surface area contributed by atoms with E-state index < -0.39 is 12.5 Å². The molecule has 0 saturated carbocycles. The highest BCUT2D eigenvalue weighted by Gasteiger charge is 2.30. The summed E-state index contributed by atoms with van der Waals surface area (Å²) in [5.74, 6) is 0.170. The minimum absolute atomic E-state index is 0.0685. The van der Waals surface area contributed by atoms with Gasteiger partial charge in [-0.05, 0) is 24.3 Å². The molecule has 2 aromatic carbocycles. The summed E-state index contributed by atoms with van der Waals surface area (Å²) in [4.78, 5) is 28.8. The molecule has 2 aromatic rings. The van der Waals surface area contributed by atoms with Crippen LogP contribution in [-0.4, -0.2) is 61.2 Å². The van der Waals surface area contributed by atoms with Crippen LogP contribution in [0.2, 0.25) is 0 Å². The molecular formula is C20H18F2N2O5. The molecule has 0 aromatic heterocycles. The first-order chi connectivity index (χ1) is 14.0. The second-order valence-electron chi connectivity index (χ2n) is 6.50. The van der Waals surface area contributed by atoms with Crippen molar-refractivity contribution in [2.75, 3.05) is 33.0 Å². The second-order valence-corrected chi connectivity index (χ2v) is 6.50. The lowest BCUT2D eigenvalue weighted by atomic mass is 10.1. The molecule has 2 aliphatic heterocycles. The molecule has 152 valence electrons. The molecule has 0 bridgehead atoms. The Morgan fingerprint density at radius 2 is 1.48 bits per heavy atom. The van der Waals surface area contributed by atoms with E-state index in [9.17, 15) is 18.4 Å². The van der Waals surface area contributed by atoms with Crippen molar-refractivity contribution < 1.29 is 32.6 Å². The Morgan fingerprint density at radius 1 is 0.862 bits per heavy atom. The first-order valence-corrected chi connectivity index (χ1v) is 9.05. The molecule has 9 heteroatoms. The first-order valence-electron chi connectivity index (χ1n) is 9.05. The lowest BCUT2D eigenvalue weighted by Gasteiger charge is -2.35. The third-order valence-corrected chi connectivity index (χ3v) is 4.81. The van der Waals surface area contributed by atoms with Crippen molar-refractivity contribution in [1.29, 1.82) is 0 Å². The molecule has 0 unspecified atom stereocenters. The SMILES string of the molecule is O=C(c1ccccc1OC(F)F)N1CCN(C(=O)c2cccc3c2OCO3)CC1. The summed E-state index contributed by atoms with van der Waals surface area (Å²) in [5.41, 5.74) is 0.481. The monoisotopic (exact) mass is 404 g/mol. The zero-order chi connectivity index (χ0) is 20.4. The van der Waals surface area contributed by atoms with E-state index in [-0.39, 0.29) is 37.1 Å². The lowest BCUT2D eigenvalue weighted by Crippen LogP contribution is -2.50. The fraction of sp³-hybridized carbons (Fsp3) is 0.300. The van der Waals surface area contributed by atoms with Crippen LogP contribution in [0.25, 0.3) is 0 Å². The van der Waals surface area contributed by atoms with Crippen molar-refractivity contribution in [3.05, 3.63) is 53.6 Å². The predicted octanol–water partition coefficient (Wildman–Crippen LogP) is 2.61. The highest BCUT2D eigenvalue weighted by molar-refractivity contribution is 5.99. The number of carbonyl (C=O) groups excluding carboxylic acids is 2. The lowest BCUT2D eigenvalue weighted by molar-refractivity contribution is -0.0503. The summed E-state index contributed by atoms with van der Waals surface area (Å²) in [5, 5.41) is 0. The summed E-state index contributed by atoms with van der Waals surface area (Å²) in [6.07, 6.45) is 0. The minimum atomic E-state index is -3.02. The Balaban J connectivity index is 1.43. The molecule has 2 amide bonds. The number of fused-ring (bicyclic) bond motifs is 1. The fourth-order valence-corrected chi connectivity index (χ4v) is 3.39. The number of alkyl halides is 2. The van der Waals surface area contributed by atoms with E-state index in [2.05, 4.69) is 4.74 Å². The fourth-order valence-electron chi connectivity index (χ4n) is 3.39. The highest BCUT2D eigenvalue weighted by Crippen LogP contribution is 2.36. The van der Waals surface area contributed by atoms with Gasteiger partial charge < -0.3 is 24.0 Å². The number of amides is 2. The number of carbonyl (C=O) groups is 2. The van der Waals surface area contributed by atoms with Crippen LogP contribution in [0.5, 0.6) is 17.2 Å². The van der Waals surface area contributed by atoms with E-state index in [4.69, 9.17) is 9.47 Å². The Kier molecular flexibility index (Phi) is 5.20. The van der Waals surface area contributed by atoms with Gasteiger partial charge in [0.15, 0.2) is 11.5 Å². The average molecular weight is 404 g/mol. The second kappa shape index (κ2) is 7.94. The van der Waals surface area contributed by atoms with E-state index in [0.29, 0.717) is 30.2 Å². The Bertz CT molecular complexity index is 929. The Morgan fingerprint density at radius 3 is 2.17 bits per heavy atom.